The molecule has 1 aliphatic carbocycles. The Bertz CT molecular complexity index is 1450. The molecule has 0 radical (unpaired) electrons. The van der Waals surface area contributed by atoms with E-state index in [1.54, 1.807) is 24.3 Å². The largest absolute Gasteiger partial charge is 0.492 e. The van der Waals surface area contributed by atoms with E-state index in [-0.39, 0.29) is 46.8 Å². The SMILES string of the molecule is CCCCCCNCCOc1ccc(C(=O)NC2C/C(=C\c3ccc(F)c(F)c3)C(=O)/C(=C/c3ccc(F)c(F)c3)C2)cc1. The van der Waals surface area contributed by atoms with Crippen molar-refractivity contribution in [3.8, 4) is 5.75 Å². The summed E-state index contributed by atoms with van der Waals surface area (Å²) in [6, 6.07) is 12.7. The minimum Gasteiger partial charge on any atom is -0.492 e. The van der Waals surface area contributed by atoms with Gasteiger partial charge in [0.15, 0.2) is 29.1 Å². The number of Topliss-reactive ketones (excluding diaryl/α,β-unsaturated/α-hetero) is 1. The van der Waals surface area contributed by atoms with E-state index in [0.29, 0.717) is 17.9 Å². The van der Waals surface area contributed by atoms with Crippen LogP contribution in [0.2, 0.25) is 0 Å². The maximum absolute atomic E-state index is 13.8. The minimum atomic E-state index is -1.06. The Hall–Kier alpha value is -4.24. The Balaban J connectivity index is 1.44. The van der Waals surface area contributed by atoms with E-state index in [2.05, 4.69) is 17.6 Å². The summed E-state index contributed by atoms with van der Waals surface area (Å²) in [5.74, 6) is -4.28. The number of benzene rings is 3. The van der Waals surface area contributed by atoms with E-state index >= 15 is 0 Å². The van der Waals surface area contributed by atoms with Gasteiger partial charge in [-0.15, -0.1) is 0 Å². The molecular formula is C35H36F4N2O3. The van der Waals surface area contributed by atoms with Gasteiger partial charge in [0.1, 0.15) is 12.4 Å². The number of halogens is 4. The van der Waals surface area contributed by atoms with Crippen LogP contribution in [0.3, 0.4) is 0 Å². The highest BCUT2D eigenvalue weighted by molar-refractivity contribution is 6.14. The molecule has 4 rings (SSSR count). The molecule has 0 saturated heterocycles. The molecule has 0 heterocycles. The van der Waals surface area contributed by atoms with Gasteiger partial charge in [0, 0.05) is 29.3 Å². The first-order valence-electron chi connectivity index (χ1n) is 14.8. The molecule has 1 fully saturated rings. The van der Waals surface area contributed by atoms with E-state index < -0.39 is 29.3 Å². The maximum Gasteiger partial charge on any atom is 0.251 e. The fourth-order valence-electron chi connectivity index (χ4n) is 4.97. The monoisotopic (exact) mass is 608 g/mol. The number of unbranched alkanes of at least 4 members (excludes halogenated alkanes) is 3. The van der Waals surface area contributed by atoms with Crippen LogP contribution in [0.1, 0.15) is 66.9 Å². The first-order valence-corrected chi connectivity index (χ1v) is 14.8. The summed E-state index contributed by atoms with van der Waals surface area (Å²) in [7, 11) is 0. The molecule has 0 aliphatic heterocycles. The second-order valence-corrected chi connectivity index (χ2v) is 10.8. The average Bonchev–Trinajstić information content (AvgIpc) is 3.00. The molecular weight excluding hydrogens is 572 g/mol. The Morgan fingerprint density at radius 2 is 1.39 bits per heavy atom. The third kappa shape index (κ3) is 9.38. The van der Waals surface area contributed by atoms with E-state index in [1.165, 1.54) is 43.5 Å². The highest BCUT2D eigenvalue weighted by atomic mass is 19.2. The first kappa shape index (κ1) is 32.7. The van der Waals surface area contributed by atoms with Gasteiger partial charge in [0.25, 0.3) is 5.91 Å². The topological polar surface area (TPSA) is 67.4 Å². The van der Waals surface area contributed by atoms with E-state index in [9.17, 15) is 27.2 Å². The fraction of sp³-hybridized carbons (Fsp3) is 0.314. The number of amides is 1. The molecule has 1 amide bonds. The second kappa shape index (κ2) is 16.0. The highest BCUT2D eigenvalue weighted by Gasteiger charge is 2.29. The van der Waals surface area contributed by atoms with Crippen LogP contribution in [0.5, 0.6) is 5.75 Å². The molecule has 0 bridgehead atoms. The van der Waals surface area contributed by atoms with Crippen LogP contribution < -0.4 is 15.4 Å². The Kier molecular flexibility index (Phi) is 11.9. The maximum atomic E-state index is 13.8. The smallest absolute Gasteiger partial charge is 0.251 e. The van der Waals surface area contributed by atoms with Crippen molar-refractivity contribution < 1.29 is 31.9 Å². The molecule has 9 heteroatoms. The van der Waals surface area contributed by atoms with Crippen molar-refractivity contribution >= 4 is 23.8 Å². The van der Waals surface area contributed by atoms with Gasteiger partial charge >= 0.3 is 0 Å². The molecule has 0 spiro atoms. The standard InChI is InChI=1S/C35H36F4N2O3/c1-2-3-4-5-14-40-15-16-44-29-10-8-25(9-11-29)35(43)41-28-21-26(17-23-6-12-30(36)32(38)19-23)34(42)27(22-28)18-24-7-13-31(37)33(39)20-24/h6-13,17-20,28,40H,2-5,14-16,21-22H2,1H3,(H,41,43)/b26-17+,27-18+. The summed E-state index contributed by atoms with van der Waals surface area (Å²) >= 11 is 0. The molecule has 44 heavy (non-hydrogen) atoms. The molecule has 1 aliphatic rings. The number of rotatable bonds is 13. The van der Waals surface area contributed by atoms with Crippen LogP contribution in [0.15, 0.2) is 71.8 Å². The first-order chi connectivity index (χ1) is 21.2. The predicted molar refractivity (Wildman–Crippen MR) is 163 cm³/mol. The highest BCUT2D eigenvalue weighted by Crippen LogP contribution is 2.29. The van der Waals surface area contributed by atoms with Gasteiger partial charge in [0.2, 0.25) is 0 Å². The zero-order valence-electron chi connectivity index (χ0n) is 24.6. The molecule has 232 valence electrons. The van der Waals surface area contributed by atoms with Gasteiger partial charge in [-0.25, -0.2) is 17.6 Å². The van der Waals surface area contributed by atoms with Crippen molar-refractivity contribution in [1.82, 2.24) is 10.6 Å². The predicted octanol–water partition coefficient (Wildman–Crippen LogP) is 7.42. The third-order valence-corrected chi connectivity index (χ3v) is 7.29. The van der Waals surface area contributed by atoms with Crippen LogP contribution in [-0.4, -0.2) is 37.4 Å². The Morgan fingerprint density at radius 3 is 1.93 bits per heavy atom. The summed E-state index contributed by atoms with van der Waals surface area (Å²) < 4.78 is 60.4. The van der Waals surface area contributed by atoms with E-state index in [1.807, 2.05) is 0 Å². The Labute approximate surface area is 255 Å². The fourth-order valence-corrected chi connectivity index (χ4v) is 4.97. The summed E-state index contributed by atoms with van der Waals surface area (Å²) in [5.41, 5.74) is 1.44. The Morgan fingerprint density at radius 1 is 0.795 bits per heavy atom. The number of nitrogens with one attached hydrogen (secondary N) is 2. The van der Waals surface area contributed by atoms with Crippen molar-refractivity contribution in [3.05, 3.63) is 112 Å². The molecule has 3 aromatic rings. The van der Waals surface area contributed by atoms with Crippen molar-refractivity contribution in [2.24, 2.45) is 0 Å². The molecule has 0 aromatic heterocycles. The number of ether oxygens (including phenoxy) is 1. The lowest BCUT2D eigenvalue weighted by Gasteiger charge is -2.27. The number of hydrogen-bond acceptors (Lipinski definition) is 4. The van der Waals surface area contributed by atoms with Crippen LogP contribution >= 0.6 is 0 Å². The van der Waals surface area contributed by atoms with Crippen molar-refractivity contribution in [3.63, 3.8) is 0 Å². The lowest BCUT2D eigenvalue weighted by Crippen LogP contribution is -2.39. The van der Waals surface area contributed by atoms with Crippen molar-refractivity contribution in [1.29, 1.82) is 0 Å². The van der Waals surface area contributed by atoms with Crippen LogP contribution in [0, 0.1) is 23.3 Å². The number of hydrogen-bond donors (Lipinski definition) is 2. The zero-order valence-corrected chi connectivity index (χ0v) is 24.6. The number of ketones is 1. The lowest BCUT2D eigenvalue weighted by atomic mass is 9.83. The molecule has 2 N–H and O–H groups in total. The van der Waals surface area contributed by atoms with Gasteiger partial charge in [0.05, 0.1) is 0 Å². The van der Waals surface area contributed by atoms with Gasteiger partial charge in [-0.2, -0.15) is 0 Å². The van der Waals surface area contributed by atoms with E-state index in [4.69, 9.17) is 4.74 Å². The molecule has 0 atom stereocenters. The van der Waals surface area contributed by atoms with Gasteiger partial charge in [-0.1, -0.05) is 38.3 Å². The minimum absolute atomic E-state index is 0.130. The summed E-state index contributed by atoms with van der Waals surface area (Å²) in [5, 5.41) is 6.28. The van der Waals surface area contributed by atoms with E-state index in [0.717, 1.165) is 43.8 Å². The molecule has 0 unspecified atom stereocenters. The van der Waals surface area contributed by atoms with Crippen LogP contribution in [-0.2, 0) is 4.79 Å². The number of carbonyl (C=O) groups excluding carboxylic acids is 2. The number of carbonyl (C=O) groups is 2. The second-order valence-electron chi connectivity index (χ2n) is 10.8. The van der Waals surface area contributed by atoms with Gasteiger partial charge in [-0.3, -0.25) is 9.59 Å². The third-order valence-electron chi connectivity index (χ3n) is 7.29. The summed E-state index contributed by atoms with van der Waals surface area (Å²) in [6.07, 6.45) is 7.92. The molecule has 3 aromatic carbocycles. The quantitative estimate of drug-likeness (QED) is 0.120. The van der Waals surface area contributed by atoms with Crippen molar-refractivity contribution in [2.45, 2.75) is 51.5 Å². The van der Waals surface area contributed by atoms with Crippen LogP contribution in [0.4, 0.5) is 17.6 Å². The summed E-state index contributed by atoms with van der Waals surface area (Å²) in [4.78, 5) is 26.5. The van der Waals surface area contributed by atoms with Crippen molar-refractivity contribution in [2.75, 3.05) is 19.7 Å². The lowest BCUT2D eigenvalue weighted by molar-refractivity contribution is -0.113. The normalized spacial score (nSPS) is 16.8. The summed E-state index contributed by atoms with van der Waals surface area (Å²) in [6.45, 7) is 4.34. The average molecular weight is 609 g/mol. The van der Waals surface area contributed by atoms with Gasteiger partial charge < -0.3 is 15.4 Å². The van der Waals surface area contributed by atoms with Crippen LogP contribution in [0.25, 0.3) is 12.2 Å². The molecule has 1 saturated carbocycles. The van der Waals surface area contributed by atoms with Gasteiger partial charge in [-0.05, 0) is 97.6 Å². The zero-order chi connectivity index (χ0) is 31.5. The molecule has 5 nitrogen and oxygen atoms in total.